The molecule has 0 atom stereocenters. The monoisotopic (exact) mass is 488 g/mol. The fraction of sp³-hybridized carbons (Fsp3) is 0.0417. The van der Waals surface area contributed by atoms with Gasteiger partial charge in [0.1, 0.15) is 11.6 Å². The molecule has 0 aliphatic heterocycles. The van der Waals surface area contributed by atoms with E-state index < -0.39 is 15.6 Å². The van der Waals surface area contributed by atoms with Crippen molar-refractivity contribution in [3.05, 3.63) is 104 Å². The van der Waals surface area contributed by atoms with Crippen molar-refractivity contribution >= 4 is 46.6 Å². The van der Waals surface area contributed by atoms with Gasteiger partial charge in [0.2, 0.25) is 11.7 Å². The number of hydrogen-bond donors (Lipinski definition) is 1. The van der Waals surface area contributed by atoms with Crippen LogP contribution in [0, 0.1) is 31.6 Å². The Labute approximate surface area is 203 Å². The number of Topliss-reactive ketones (excluding diaryl/α,β-unsaturated/α-hetero) is 1. The van der Waals surface area contributed by atoms with Crippen molar-refractivity contribution < 1.29 is 19.4 Å². The first-order valence-electron chi connectivity index (χ1n) is 9.93. The number of ketones is 1. The number of benzene rings is 3. The summed E-state index contributed by atoms with van der Waals surface area (Å²) in [4.78, 5) is 46.5. The minimum atomic E-state index is -0.749. The Balaban J connectivity index is 1.96. The zero-order chi connectivity index (χ0) is 25.5. The molecule has 0 aliphatic rings. The first-order chi connectivity index (χ1) is 16.7. The fourth-order valence-corrected chi connectivity index (χ4v) is 4.04. The SMILES string of the molecule is CC(=O)Nc1ccccc1Sc1ccc(/C=C(/C#N)C(=O)c2cccc([N+](=O)[O-])c2)cc1[N+](=O)[O-]. The van der Waals surface area contributed by atoms with E-state index in [9.17, 15) is 35.1 Å². The van der Waals surface area contributed by atoms with E-state index in [0.29, 0.717) is 10.6 Å². The van der Waals surface area contributed by atoms with Gasteiger partial charge in [0.05, 0.1) is 20.4 Å². The van der Waals surface area contributed by atoms with Crippen LogP contribution in [0.4, 0.5) is 17.1 Å². The Morgan fingerprint density at radius 2 is 1.71 bits per heavy atom. The lowest BCUT2D eigenvalue weighted by atomic mass is 10.0. The summed E-state index contributed by atoms with van der Waals surface area (Å²) in [7, 11) is 0. The number of non-ortho nitro benzene ring substituents is 1. The minimum absolute atomic E-state index is 0.0525. The summed E-state index contributed by atoms with van der Waals surface area (Å²) in [6.07, 6.45) is 1.19. The first-order valence-corrected chi connectivity index (χ1v) is 10.7. The van der Waals surface area contributed by atoms with Crippen LogP contribution in [0.2, 0.25) is 0 Å². The second-order valence-corrected chi connectivity index (χ2v) is 8.15. The van der Waals surface area contributed by atoms with Gasteiger partial charge < -0.3 is 5.32 Å². The molecule has 174 valence electrons. The summed E-state index contributed by atoms with van der Waals surface area (Å²) in [6.45, 7) is 1.35. The van der Waals surface area contributed by atoms with Crippen LogP contribution in [0.15, 0.2) is 82.1 Å². The number of nitrogens with zero attached hydrogens (tertiary/aromatic N) is 3. The molecule has 0 saturated carbocycles. The van der Waals surface area contributed by atoms with E-state index >= 15 is 0 Å². The van der Waals surface area contributed by atoms with Crippen LogP contribution in [0.3, 0.4) is 0 Å². The van der Waals surface area contributed by atoms with Crippen LogP contribution in [-0.4, -0.2) is 21.5 Å². The molecule has 35 heavy (non-hydrogen) atoms. The van der Waals surface area contributed by atoms with Gasteiger partial charge in [0.15, 0.2) is 0 Å². The van der Waals surface area contributed by atoms with Crippen molar-refractivity contribution in [1.82, 2.24) is 0 Å². The van der Waals surface area contributed by atoms with Crippen LogP contribution >= 0.6 is 11.8 Å². The molecule has 0 saturated heterocycles. The second-order valence-electron chi connectivity index (χ2n) is 7.07. The number of amides is 1. The predicted molar refractivity (Wildman–Crippen MR) is 129 cm³/mol. The molecule has 0 fully saturated rings. The second kappa shape index (κ2) is 10.9. The average molecular weight is 488 g/mol. The number of nitro groups is 2. The van der Waals surface area contributed by atoms with Gasteiger partial charge in [-0.1, -0.05) is 42.1 Å². The molecule has 10 nitrogen and oxygen atoms in total. The van der Waals surface area contributed by atoms with Crippen LogP contribution in [0.25, 0.3) is 6.08 Å². The summed E-state index contributed by atoms with van der Waals surface area (Å²) in [5.41, 5.74) is -0.227. The molecule has 0 spiro atoms. The number of nitro benzene ring substituents is 2. The smallest absolute Gasteiger partial charge is 0.283 e. The third kappa shape index (κ3) is 6.16. The Bertz CT molecular complexity index is 1430. The number of rotatable bonds is 8. The third-order valence-electron chi connectivity index (χ3n) is 4.59. The molecule has 3 aromatic carbocycles. The first kappa shape index (κ1) is 24.8. The number of carbonyl (C=O) groups is 2. The molecule has 0 aromatic heterocycles. The number of para-hydroxylation sites is 1. The Kier molecular flexibility index (Phi) is 7.70. The normalized spacial score (nSPS) is 10.8. The van der Waals surface area contributed by atoms with E-state index in [1.807, 2.05) is 0 Å². The van der Waals surface area contributed by atoms with Crippen molar-refractivity contribution in [2.45, 2.75) is 16.7 Å². The molecule has 0 unspecified atom stereocenters. The predicted octanol–water partition coefficient (Wildman–Crippen LogP) is 5.40. The highest BCUT2D eigenvalue weighted by Gasteiger charge is 2.19. The Hall–Kier alpha value is -4.82. The maximum atomic E-state index is 12.7. The highest BCUT2D eigenvalue weighted by Crippen LogP contribution is 2.39. The summed E-state index contributed by atoms with van der Waals surface area (Å²) < 4.78 is 0. The van der Waals surface area contributed by atoms with E-state index in [1.54, 1.807) is 30.3 Å². The van der Waals surface area contributed by atoms with E-state index in [0.717, 1.165) is 17.8 Å². The quantitative estimate of drug-likeness (QED) is 0.145. The summed E-state index contributed by atoms with van der Waals surface area (Å²) in [5.74, 6) is -1.04. The van der Waals surface area contributed by atoms with Gasteiger partial charge in [0.25, 0.3) is 11.4 Å². The maximum Gasteiger partial charge on any atom is 0.283 e. The van der Waals surface area contributed by atoms with Gasteiger partial charge in [-0.15, -0.1) is 0 Å². The van der Waals surface area contributed by atoms with Gasteiger partial charge in [0, 0.05) is 35.6 Å². The zero-order valence-electron chi connectivity index (χ0n) is 18.1. The van der Waals surface area contributed by atoms with E-state index in [1.165, 1.54) is 49.4 Å². The topological polar surface area (TPSA) is 156 Å². The van der Waals surface area contributed by atoms with Crippen molar-refractivity contribution in [2.24, 2.45) is 0 Å². The standard InChI is InChI=1S/C24H16N4O6S/c1-15(29)26-20-7-2-3-8-22(20)35-23-10-9-16(12-21(23)28(33)34)11-18(14-25)24(30)17-5-4-6-19(13-17)27(31)32/h2-13H,1H3,(H,26,29)/b18-11-. The van der Waals surface area contributed by atoms with Crippen LogP contribution in [0.5, 0.6) is 0 Å². The highest BCUT2D eigenvalue weighted by atomic mass is 32.2. The Morgan fingerprint density at radius 1 is 0.971 bits per heavy atom. The van der Waals surface area contributed by atoms with Crippen molar-refractivity contribution in [2.75, 3.05) is 5.32 Å². The molecule has 3 rings (SSSR count). The third-order valence-corrected chi connectivity index (χ3v) is 5.73. The van der Waals surface area contributed by atoms with E-state index in [2.05, 4.69) is 5.32 Å². The fourth-order valence-electron chi connectivity index (χ4n) is 3.05. The van der Waals surface area contributed by atoms with Crippen LogP contribution in [0.1, 0.15) is 22.8 Å². The zero-order valence-corrected chi connectivity index (χ0v) is 18.9. The molecular weight excluding hydrogens is 472 g/mol. The highest BCUT2D eigenvalue weighted by molar-refractivity contribution is 7.99. The average Bonchev–Trinajstić information content (AvgIpc) is 2.83. The number of anilines is 1. The van der Waals surface area contributed by atoms with Gasteiger partial charge >= 0.3 is 0 Å². The lowest BCUT2D eigenvalue weighted by Crippen LogP contribution is -2.06. The molecular formula is C24H16N4O6S. The van der Waals surface area contributed by atoms with Gasteiger partial charge in [-0.2, -0.15) is 5.26 Å². The summed E-state index contributed by atoms with van der Waals surface area (Å²) >= 11 is 1.08. The van der Waals surface area contributed by atoms with Crippen LogP contribution in [-0.2, 0) is 4.79 Å². The van der Waals surface area contributed by atoms with E-state index in [4.69, 9.17) is 0 Å². The molecule has 0 bridgehead atoms. The number of nitrogens with one attached hydrogen (secondary N) is 1. The lowest BCUT2D eigenvalue weighted by molar-refractivity contribution is -0.387. The van der Waals surface area contributed by atoms with Gasteiger partial charge in [-0.05, 0) is 29.8 Å². The van der Waals surface area contributed by atoms with Crippen molar-refractivity contribution in [1.29, 1.82) is 5.26 Å². The largest absolute Gasteiger partial charge is 0.325 e. The number of allylic oxidation sites excluding steroid dienone is 1. The number of carbonyl (C=O) groups excluding carboxylic acids is 2. The minimum Gasteiger partial charge on any atom is -0.325 e. The van der Waals surface area contributed by atoms with Gasteiger partial charge in [-0.25, -0.2) is 0 Å². The molecule has 11 heteroatoms. The molecule has 1 amide bonds. The van der Waals surface area contributed by atoms with Crippen molar-refractivity contribution in [3.8, 4) is 6.07 Å². The number of nitriles is 1. The molecule has 1 N–H and O–H groups in total. The molecule has 3 aromatic rings. The summed E-state index contributed by atoms with van der Waals surface area (Å²) in [6, 6.07) is 17.7. The Morgan fingerprint density at radius 3 is 2.37 bits per heavy atom. The van der Waals surface area contributed by atoms with Crippen LogP contribution < -0.4 is 5.32 Å². The molecule has 0 radical (unpaired) electrons. The van der Waals surface area contributed by atoms with Gasteiger partial charge in [-0.3, -0.25) is 29.8 Å². The molecule has 0 aliphatic carbocycles. The number of hydrogen-bond acceptors (Lipinski definition) is 8. The molecule has 0 heterocycles. The lowest BCUT2D eigenvalue weighted by Gasteiger charge is -2.10. The maximum absolute atomic E-state index is 12.7. The van der Waals surface area contributed by atoms with E-state index in [-0.39, 0.29) is 38.9 Å². The summed E-state index contributed by atoms with van der Waals surface area (Å²) in [5, 5.41) is 34.9. The van der Waals surface area contributed by atoms with Crippen molar-refractivity contribution in [3.63, 3.8) is 0 Å².